The van der Waals surface area contributed by atoms with Crippen molar-refractivity contribution in [2.75, 3.05) is 0 Å². The van der Waals surface area contributed by atoms with E-state index in [0.717, 1.165) is 12.8 Å². The molecule has 2 heteroatoms. The van der Waals surface area contributed by atoms with Crippen molar-refractivity contribution in [3.05, 3.63) is 35.4 Å². The van der Waals surface area contributed by atoms with Crippen LogP contribution in [0.25, 0.3) is 0 Å². The number of rotatable bonds is 0. The molecule has 2 aliphatic rings. The van der Waals surface area contributed by atoms with E-state index in [1.165, 1.54) is 11.1 Å². The molecule has 0 saturated carbocycles. The average Bonchev–Trinajstić information content (AvgIpc) is 2.56. The minimum absolute atomic E-state index is 0.0254. The largest absolute Gasteiger partial charge is 0.457 e. The van der Waals surface area contributed by atoms with Gasteiger partial charge in [0.25, 0.3) is 0 Å². The molecule has 3 rings (SSSR count). The van der Waals surface area contributed by atoms with Crippen LogP contribution in [0.15, 0.2) is 24.3 Å². The maximum absolute atomic E-state index is 11.5. The highest BCUT2D eigenvalue weighted by Crippen LogP contribution is 2.46. The third kappa shape index (κ3) is 1.21. The second kappa shape index (κ2) is 3.09. The van der Waals surface area contributed by atoms with Crippen molar-refractivity contribution in [2.24, 2.45) is 11.8 Å². The fourth-order valence-electron chi connectivity index (χ4n) is 2.81. The molecule has 15 heavy (non-hydrogen) atoms. The van der Waals surface area contributed by atoms with E-state index in [9.17, 15) is 4.79 Å². The molecule has 0 amide bonds. The standard InChI is InChI=1S/C13H14O2/c1-8-10-7-6-9-4-2-3-5-11(9)12(10)15-13(8)14/h2-5,8,10,12H,6-7H2,1H3/t8-,10+,12+/m0/s1. The van der Waals surface area contributed by atoms with Gasteiger partial charge in [0, 0.05) is 5.92 Å². The molecule has 0 unspecified atom stereocenters. The first kappa shape index (κ1) is 8.96. The summed E-state index contributed by atoms with van der Waals surface area (Å²) in [7, 11) is 0. The summed E-state index contributed by atoms with van der Waals surface area (Å²) in [5.41, 5.74) is 2.58. The van der Waals surface area contributed by atoms with Crippen LogP contribution in [-0.2, 0) is 16.0 Å². The Kier molecular flexibility index (Phi) is 1.84. The van der Waals surface area contributed by atoms with Crippen molar-refractivity contribution in [2.45, 2.75) is 25.9 Å². The minimum Gasteiger partial charge on any atom is -0.457 e. The molecule has 1 aromatic carbocycles. The van der Waals surface area contributed by atoms with Crippen LogP contribution in [0, 0.1) is 11.8 Å². The third-order valence-electron chi connectivity index (χ3n) is 3.75. The molecule has 0 radical (unpaired) electrons. The zero-order chi connectivity index (χ0) is 10.4. The molecule has 1 aromatic rings. The molecule has 0 bridgehead atoms. The summed E-state index contributed by atoms with van der Waals surface area (Å²) in [5.74, 6) is 0.442. The van der Waals surface area contributed by atoms with Crippen LogP contribution in [0.5, 0.6) is 0 Å². The van der Waals surface area contributed by atoms with E-state index < -0.39 is 0 Å². The Labute approximate surface area is 89.2 Å². The Morgan fingerprint density at radius 3 is 3.00 bits per heavy atom. The van der Waals surface area contributed by atoms with Gasteiger partial charge >= 0.3 is 5.97 Å². The van der Waals surface area contributed by atoms with Gasteiger partial charge in [0.1, 0.15) is 6.10 Å². The number of carbonyl (C=O) groups excluding carboxylic acids is 1. The SMILES string of the molecule is C[C@@H]1C(=O)O[C@H]2c3ccccc3CC[C@H]12. The van der Waals surface area contributed by atoms with Gasteiger partial charge in [-0.1, -0.05) is 31.2 Å². The molecule has 1 aliphatic carbocycles. The van der Waals surface area contributed by atoms with Crippen LogP contribution >= 0.6 is 0 Å². The quantitative estimate of drug-likeness (QED) is 0.604. The summed E-state index contributed by atoms with van der Waals surface area (Å²) in [6.45, 7) is 1.99. The smallest absolute Gasteiger partial charge is 0.309 e. The fourth-order valence-corrected chi connectivity index (χ4v) is 2.81. The van der Waals surface area contributed by atoms with Gasteiger partial charge in [-0.15, -0.1) is 0 Å². The molecule has 1 heterocycles. The number of ether oxygens (including phenoxy) is 1. The van der Waals surface area contributed by atoms with Crippen LogP contribution in [0.1, 0.15) is 30.6 Å². The summed E-state index contributed by atoms with van der Waals surface area (Å²) in [5, 5.41) is 0. The second-order valence-corrected chi connectivity index (χ2v) is 4.55. The van der Waals surface area contributed by atoms with Crippen molar-refractivity contribution < 1.29 is 9.53 Å². The van der Waals surface area contributed by atoms with E-state index in [-0.39, 0.29) is 18.0 Å². The Hall–Kier alpha value is -1.31. The van der Waals surface area contributed by atoms with Crippen LogP contribution in [0.4, 0.5) is 0 Å². The Balaban J connectivity index is 2.05. The van der Waals surface area contributed by atoms with E-state index in [0.29, 0.717) is 5.92 Å². The van der Waals surface area contributed by atoms with Crippen molar-refractivity contribution in [1.29, 1.82) is 0 Å². The summed E-state index contributed by atoms with van der Waals surface area (Å²) in [6.07, 6.45) is 2.19. The molecular weight excluding hydrogens is 188 g/mol. The van der Waals surface area contributed by atoms with Gasteiger partial charge in [-0.25, -0.2) is 0 Å². The first-order valence-corrected chi connectivity index (χ1v) is 5.55. The third-order valence-corrected chi connectivity index (χ3v) is 3.75. The molecule has 0 spiro atoms. The van der Waals surface area contributed by atoms with Crippen molar-refractivity contribution >= 4 is 5.97 Å². The summed E-state index contributed by atoms with van der Waals surface area (Å²) in [6, 6.07) is 8.32. The lowest BCUT2D eigenvalue weighted by molar-refractivity contribution is -0.144. The highest BCUT2D eigenvalue weighted by molar-refractivity contribution is 5.75. The molecule has 0 aromatic heterocycles. The van der Waals surface area contributed by atoms with Crippen molar-refractivity contribution in [3.63, 3.8) is 0 Å². The summed E-state index contributed by atoms with van der Waals surface area (Å²) in [4.78, 5) is 11.5. The number of aryl methyl sites for hydroxylation is 1. The van der Waals surface area contributed by atoms with Gasteiger partial charge in [0.15, 0.2) is 0 Å². The Morgan fingerprint density at radius 2 is 2.13 bits per heavy atom. The zero-order valence-electron chi connectivity index (χ0n) is 8.77. The zero-order valence-corrected chi connectivity index (χ0v) is 8.77. The van der Waals surface area contributed by atoms with Crippen LogP contribution in [0.3, 0.4) is 0 Å². The van der Waals surface area contributed by atoms with E-state index in [1.54, 1.807) is 0 Å². The van der Waals surface area contributed by atoms with Crippen LogP contribution < -0.4 is 0 Å². The predicted molar refractivity (Wildman–Crippen MR) is 56.3 cm³/mol. The normalized spacial score (nSPS) is 33.1. The maximum atomic E-state index is 11.5. The Bertz CT molecular complexity index is 411. The lowest BCUT2D eigenvalue weighted by Gasteiger charge is -2.27. The van der Waals surface area contributed by atoms with Crippen LogP contribution in [0.2, 0.25) is 0 Å². The number of esters is 1. The topological polar surface area (TPSA) is 26.3 Å². The first-order chi connectivity index (χ1) is 7.27. The van der Waals surface area contributed by atoms with Gasteiger partial charge in [-0.3, -0.25) is 4.79 Å². The highest BCUT2D eigenvalue weighted by Gasteiger charge is 2.44. The predicted octanol–water partition coefficient (Wildman–Crippen LogP) is 2.48. The van der Waals surface area contributed by atoms with E-state index >= 15 is 0 Å². The summed E-state index contributed by atoms with van der Waals surface area (Å²) >= 11 is 0. The molecule has 2 nitrogen and oxygen atoms in total. The summed E-state index contributed by atoms with van der Waals surface area (Å²) < 4.78 is 5.47. The molecule has 1 fully saturated rings. The number of hydrogen-bond acceptors (Lipinski definition) is 2. The van der Waals surface area contributed by atoms with Gasteiger partial charge in [-0.2, -0.15) is 0 Å². The fraction of sp³-hybridized carbons (Fsp3) is 0.462. The average molecular weight is 202 g/mol. The molecule has 78 valence electrons. The lowest BCUT2D eigenvalue weighted by Crippen LogP contribution is -2.20. The van der Waals surface area contributed by atoms with Gasteiger partial charge in [0.2, 0.25) is 0 Å². The first-order valence-electron chi connectivity index (χ1n) is 5.55. The van der Waals surface area contributed by atoms with E-state index in [4.69, 9.17) is 4.74 Å². The van der Waals surface area contributed by atoms with E-state index in [2.05, 4.69) is 18.2 Å². The number of fused-ring (bicyclic) bond motifs is 3. The number of carbonyl (C=O) groups is 1. The highest BCUT2D eigenvalue weighted by atomic mass is 16.6. The molecule has 1 saturated heterocycles. The van der Waals surface area contributed by atoms with Crippen molar-refractivity contribution in [3.8, 4) is 0 Å². The van der Waals surface area contributed by atoms with Gasteiger partial charge in [-0.05, 0) is 24.0 Å². The lowest BCUT2D eigenvalue weighted by atomic mass is 9.77. The number of benzene rings is 1. The number of hydrogen-bond donors (Lipinski definition) is 0. The second-order valence-electron chi connectivity index (χ2n) is 4.55. The van der Waals surface area contributed by atoms with Gasteiger partial charge in [0.05, 0.1) is 5.92 Å². The van der Waals surface area contributed by atoms with E-state index in [1.807, 2.05) is 13.0 Å². The monoisotopic (exact) mass is 202 g/mol. The van der Waals surface area contributed by atoms with Crippen LogP contribution in [-0.4, -0.2) is 5.97 Å². The maximum Gasteiger partial charge on any atom is 0.309 e. The van der Waals surface area contributed by atoms with Crippen molar-refractivity contribution in [1.82, 2.24) is 0 Å². The Morgan fingerprint density at radius 1 is 1.33 bits per heavy atom. The van der Waals surface area contributed by atoms with Gasteiger partial charge < -0.3 is 4.74 Å². The minimum atomic E-state index is -0.0262. The molecular formula is C13H14O2. The molecule has 0 N–H and O–H groups in total. The molecule has 3 atom stereocenters. The molecule has 1 aliphatic heterocycles.